The summed E-state index contributed by atoms with van der Waals surface area (Å²) in [6.07, 6.45) is 2.88. The zero-order valence-corrected chi connectivity index (χ0v) is 22.8. The molecule has 3 saturated heterocycles. The van der Waals surface area contributed by atoms with Crippen LogP contribution in [0.15, 0.2) is 18.2 Å². The Kier molecular flexibility index (Phi) is 7.04. The molecule has 3 amide bonds. The van der Waals surface area contributed by atoms with Gasteiger partial charge in [-0.3, -0.25) is 14.5 Å². The highest BCUT2D eigenvalue weighted by molar-refractivity contribution is 5.91. The van der Waals surface area contributed by atoms with Gasteiger partial charge in [0.2, 0.25) is 11.8 Å². The SMILES string of the molecule is CN1CC2CCN(c3ccc(C[C@H](NC(=O)C4C5CCC(C5)N4C(=O)OC(C)(C)C)C(N)=O)c(F)c3)C2C1. The lowest BCUT2D eigenvalue weighted by molar-refractivity contribution is -0.132. The number of fused-ring (bicyclic) bond motifs is 3. The average molecular weight is 530 g/mol. The van der Waals surface area contributed by atoms with Gasteiger partial charge in [-0.25, -0.2) is 9.18 Å². The van der Waals surface area contributed by atoms with Crippen LogP contribution in [0.1, 0.15) is 52.0 Å². The highest BCUT2D eigenvalue weighted by Gasteiger charge is 2.53. The first-order valence-electron chi connectivity index (χ1n) is 13.8. The molecule has 5 unspecified atom stereocenters. The number of primary amides is 1. The van der Waals surface area contributed by atoms with E-state index in [1.165, 1.54) is 11.0 Å². The van der Waals surface area contributed by atoms with Crippen LogP contribution in [0.2, 0.25) is 0 Å². The molecule has 1 aromatic carbocycles. The van der Waals surface area contributed by atoms with E-state index in [0.717, 1.165) is 51.0 Å². The van der Waals surface area contributed by atoms with Gasteiger partial charge in [0, 0.05) is 43.8 Å². The minimum atomic E-state index is -1.10. The van der Waals surface area contributed by atoms with E-state index >= 15 is 4.39 Å². The normalized spacial score (nSPS) is 29.4. The Hall–Kier alpha value is -2.88. The lowest BCUT2D eigenvalue weighted by Crippen LogP contribution is -2.57. The van der Waals surface area contributed by atoms with Crippen LogP contribution in [0, 0.1) is 17.7 Å². The number of hydrogen-bond acceptors (Lipinski definition) is 6. The molecule has 0 spiro atoms. The number of benzene rings is 1. The second-order valence-corrected chi connectivity index (χ2v) is 12.5. The molecule has 208 valence electrons. The first-order chi connectivity index (χ1) is 17.9. The number of carbonyl (C=O) groups excluding carboxylic acids is 3. The van der Waals surface area contributed by atoms with Crippen LogP contribution in [0.3, 0.4) is 0 Å². The summed E-state index contributed by atoms with van der Waals surface area (Å²) in [6, 6.07) is 3.59. The van der Waals surface area contributed by atoms with Gasteiger partial charge in [-0.2, -0.15) is 0 Å². The second-order valence-electron chi connectivity index (χ2n) is 12.5. The molecule has 1 saturated carbocycles. The molecule has 2 bridgehead atoms. The first-order valence-corrected chi connectivity index (χ1v) is 13.8. The fourth-order valence-electron chi connectivity index (χ4n) is 6.98. The summed E-state index contributed by atoms with van der Waals surface area (Å²) >= 11 is 0. The molecule has 3 N–H and O–H groups in total. The Balaban J connectivity index is 1.27. The van der Waals surface area contributed by atoms with Gasteiger partial charge in [-0.05, 0) is 83.0 Å². The summed E-state index contributed by atoms with van der Waals surface area (Å²) in [5.41, 5.74) is 6.10. The number of carbonyl (C=O) groups is 3. The molecule has 0 radical (unpaired) electrons. The average Bonchev–Trinajstić information content (AvgIpc) is 3.59. The van der Waals surface area contributed by atoms with Crippen molar-refractivity contribution in [2.24, 2.45) is 17.6 Å². The number of piperidine rings is 1. The molecule has 3 heterocycles. The monoisotopic (exact) mass is 529 g/mol. The third kappa shape index (κ3) is 5.19. The fraction of sp³-hybridized carbons (Fsp3) is 0.679. The summed E-state index contributed by atoms with van der Waals surface area (Å²) in [7, 11) is 2.11. The van der Waals surface area contributed by atoms with Crippen molar-refractivity contribution in [3.8, 4) is 0 Å². The Morgan fingerprint density at radius 3 is 2.61 bits per heavy atom. The van der Waals surface area contributed by atoms with Gasteiger partial charge < -0.3 is 25.6 Å². The molecule has 0 aromatic heterocycles. The molecular weight excluding hydrogens is 489 g/mol. The van der Waals surface area contributed by atoms with E-state index in [9.17, 15) is 14.4 Å². The molecule has 10 heteroatoms. The molecule has 4 fully saturated rings. The van der Waals surface area contributed by atoms with Crippen LogP contribution in [-0.2, 0) is 20.7 Å². The zero-order valence-electron chi connectivity index (χ0n) is 22.8. The van der Waals surface area contributed by atoms with Crippen molar-refractivity contribution in [1.29, 1.82) is 0 Å². The van der Waals surface area contributed by atoms with Gasteiger partial charge in [0.1, 0.15) is 23.5 Å². The summed E-state index contributed by atoms with van der Waals surface area (Å²) < 4.78 is 20.8. The van der Waals surface area contributed by atoms with Crippen LogP contribution >= 0.6 is 0 Å². The maximum atomic E-state index is 15.3. The van der Waals surface area contributed by atoms with E-state index in [1.54, 1.807) is 26.8 Å². The fourth-order valence-corrected chi connectivity index (χ4v) is 6.98. The van der Waals surface area contributed by atoms with Crippen molar-refractivity contribution in [2.75, 3.05) is 31.6 Å². The number of amides is 3. The topological polar surface area (TPSA) is 108 Å². The number of likely N-dealkylation sites (tertiary alicyclic amines) is 2. The Morgan fingerprint density at radius 2 is 1.92 bits per heavy atom. The van der Waals surface area contributed by atoms with Crippen molar-refractivity contribution in [1.82, 2.24) is 15.1 Å². The van der Waals surface area contributed by atoms with Crippen LogP contribution in [0.4, 0.5) is 14.9 Å². The number of likely N-dealkylation sites (N-methyl/N-ethyl adjacent to an activating group) is 1. The third-order valence-corrected chi connectivity index (χ3v) is 8.64. The Labute approximate surface area is 223 Å². The van der Waals surface area contributed by atoms with Crippen molar-refractivity contribution >= 4 is 23.6 Å². The van der Waals surface area contributed by atoms with Crippen molar-refractivity contribution in [2.45, 2.75) is 82.6 Å². The number of ether oxygens (including phenoxy) is 1. The van der Waals surface area contributed by atoms with Gasteiger partial charge in [0.05, 0.1) is 0 Å². The van der Waals surface area contributed by atoms with E-state index in [-0.39, 0.29) is 18.4 Å². The van der Waals surface area contributed by atoms with E-state index in [4.69, 9.17) is 10.5 Å². The molecular formula is C28H40FN5O4. The van der Waals surface area contributed by atoms with E-state index in [2.05, 4.69) is 22.2 Å². The number of rotatable bonds is 6. The van der Waals surface area contributed by atoms with Crippen LogP contribution in [-0.4, -0.2) is 84.2 Å². The van der Waals surface area contributed by atoms with Gasteiger partial charge in [0.25, 0.3) is 0 Å². The maximum absolute atomic E-state index is 15.3. The van der Waals surface area contributed by atoms with Gasteiger partial charge >= 0.3 is 6.09 Å². The predicted octanol–water partition coefficient (Wildman–Crippen LogP) is 2.27. The largest absolute Gasteiger partial charge is 0.444 e. The summed E-state index contributed by atoms with van der Waals surface area (Å²) in [4.78, 5) is 44.7. The van der Waals surface area contributed by atoms with Crippen molar-refractivity contribution in [3.63, 3.8) is 0 Å². The molecule has 6 atom stereocenters. The number of nitrogens with zero attached hydrogens (tertiary/aromatic N) is 3. The van der Waals surface area contributed by atoms with Crippen LogP contribution in [0.25, 0.3) is 0 Å². The minimum absolute atomic E-state index is 0.00372. The molecule has 5 rings (SSSR count). The highest BCUT2D eigenvalue weighted by Crippen LogP contribution is 2.43. The lowest BCUT2D eigenvalue weighted by atomic mass is 9.97. The quantitative estimate of drug-likeness (QED) is 0.586. The molecule has 9 nitrogen and oxygen atoms in total. The van der Waals surface area contributed by atoms with E-state index < -0.39 is 41.4 Å². The zero-order chi connectivity index (χ0) is 27.4. The molecule has 38 heavy (non-hydrogen) atoms. The molecule has 4 aliphatic rings. The Morgan fingerprint density at radius 1 is 1.16 bits per heavy atom. The smallest absolute Gasteiger partial charge is 0.411 e. The molecule has 1 aromatic rings. The standard InChI is InChI=1S/C28H40FN5O4/c1-28(2,3)38-27(37)34-20-8-6-17(11-20)24(34)26(36)31-22(25(30)35)12-16-5-7-19(13-21(16)29)33-10-9-18-14-32(4)15-23(18)33/h5,7,13,17-18,20,22-24H,6,8-12,14-15H2,1-4H3,(H2,30,35)(H,31,36)/t17?,18?,20?,22-,23?,24?/m0/s1. The number of hydrogen-bond donors (Lipinski definition) is 2. The molecule has 3 aliphatic heterocycles. The third-order valence-electron chi connectivity index (χ3n) is 8.64. The second kappa shape index (κ2) is 10.0. The summed E-state index contributed by atoms with van der Waals surface area (Å²) in [6.45, 7) is 8.28. The number of nitrogens with two attached hydrogens (primary N) is 1. The number of nitrogens with one attached hydrogen (secondary N) is 1. The van der Waals surface area contributed by atoms with Gasteiger partial charge in [-0.15, -0.1) is 0 Å². The first kappa shape index (κ1) is 26.7. The van der Waals surface area contributed by atoms with E-state index in [1.807, 2.05) is 6.07 Å². The summed E-state index contributed by atoms with van der Waals surface area (Å²) in [5.74, 6) is -1.02. The van der Waals surface area contributed by atoms with Crippen LogP contribution in [0.5, 0.6) is 0 Å². The Bertz CT molecular complexity index is 1110. The van der Waals surface area contributed by atoms with Crippen LogP contribution < -0.4 is 16.0 Å². The molecule has 1 aliphatic carbocycles. The number of halogens is 1. The minimum Gasteiger partial charge on any atom is -0.444 e. The lowest BCUT2D eigenvalue weighted by Gasteiger charge is -2.36. The summed E-state index contributed by atoms with van der Waals surface area (Å²) in [5, 5.41) is 2.73. The van der Waals surface area contributed by atoms with Gasteiger partial charge in [0.15, 0.2) is 0 Å². The highest BCUT2D eigenvalue weighted by atomic mass is 19.1. The van der Waals surface area contributed by atoms with Gasteiger partial charge in [-0.1, -0.05) is 6.07 Å². The maximum Gasteiger partial charge on any atom is 0.411 e. The predicted molar refractivity (Wildman–Crippen MR) is 141 cm³/mol. The number of anilines is 1. The van der Waals surface area contributed by atoms with Crippen molar-refractivity contribution < 1.29 is 23.5 Å². The van der Waals surface area contributed by atoms with E-state index in [0.29, 0.717) is 17.5 Å². The van der Waals surface area contributed by atoms with Crippen molar-refractivity contribution in [3.05, 3.63) is 29.6 Å².